The Balaban J connectivity index is 1.81. The van der Waals surface area contributed by atoms with E-state index >= 15 is 0 Å². The van der Waals surface area contributed by atoms with E-state index in [1.807, 2.05) is 31.1 Å². The number of thiazole rings is 1. The molecule has 1 aliphatic rings. The first-order chi connectivity index (χ1) is 11.4. The number of hydrogen-bond acceptors (Lipinski definition) is 6. The number of likely N-dealkylation sites (tertiary alicyclic amines) is 1. The lowest BCUT2D eigenvalue weighted by atomic mass is 10.0. The first-order valence-electron chi connectivity index (χ1n) is 8.15. The number of carbonyl (C=O) groups is 1. The van der Waals surface area contributed by atoms with Crippen LogP contribution in [0.4, 0.5) is 4.79 Å². The number of amides is 1. The van der Waals surface area contributed by atoms with Gasteiger partial charge in [-0.2, -0.15) is 0 Å². The van der Waals surface area contributed by atoms with Crippen LogP contribution in [0.25, 0.3) is 10.7 Å². The van der Waals surface area contributed by atoms with Gasteiger partial charge in [0.25, 0.3) is 0 Å². The van der Waals surface area contributed by atoms with Crippen molar-refractivity contribution in [2.45, 2.75) is 51.7 Å². The summed E-state index contributed by atoms with van der Waals surface area (Å²) in [5.74, 6) is 0. The zero-order valence-corrected chi connectivity index (χ0v) is 15.0. The van der Waals surface area contributed by atoms with Crippen LogP contribution in [-0.2, 0) is 4.74 Å². The largest absolute Gasteiger partial charge is 0.444 e. The molecule has 0 aromatic carbocycles. The van der Waals surface area contributed by atoms with Crippen molar-refractivity contribution in [2.75, 3.05) is 6.54 Å². The number of ether oxygens (including phenoxy) is 1. The number of rotatable bonds is 2. The molecule has 1 atom stereocenters. The Labute approximate surface area is 145 Å². The molecule has 0 bridgehead atoms. The third-order valence-corrected chi connectivity index (χ3v) is 4.66. The SMILES string of the molecule is CC(C)(C)OC(=O)N1CCCC[C@@H]1c1csc(-c2cnccn2)n1. The quantitative estimate of drug-likeness (QED) is 0.820. The molecule has 24 heavy (non-hydrogen) atoms. The summed E-state index contributed by atoms with van der Waals surface area (Å²) in [6, 6.07) is -0.0322. The predicted octanol–water partition coefficient (Wildman–Crippen LogP) is 4.06. The van der Waals surface area contributed by atoms with E-state index in [1.54, 1.807) is 18.6 Å². The first kappa shape index (κ1) is 16.8. The summed E-state index contributed by atoms with van der Waals surface area (Å²) in [6.07, 6.45) is 7.73. The van der Waals surface area contributed by atoms with Crippen molar-refractivity contribution in [1.29, 1.82) is 0 Å². The van der Waals surface area contributed by atoms with Crippen molar-refractivity contribution in [3.63, 3.8) is 0 Å². The van der Waals surface area contributed by atoms with E-state index in [2.05, 4.69) is 9.97 Å². The fourth-order valence-corrected chi connectivity index (χ4v) is 3.57. The fourth-order valence-electron chi connectivity index (χ4n) is 2.74. The molecule has 2 aromatic rings. The fraction of sp³-hybridized carbons (Fsp3) is 0.529. The van der Waals surface area contributed by atoms with Gasteiger partial charge in [0.1, 0.15) is 16.3 Å². The number of hydrogen-bond donors (Lipinski definition) is 0. The average molecular weight is 346 g/mol. The second kappa shape index (κ2) is 6.84. The van der Waals surface area contributed by atoms with Gasteiger partial charge in [-0.05, 0) is 40.0 Å². The highest BCUT2D eigenvalue weighted by molar-refractivity contribution is 7.13. The third kappa shape index (κ3) is 3.90. The van der Waals surface area contributed by atoms with Crippen LogP contribution in [0.15, 0.2) is 24.0 Å². The summed E-state index contributed by atoms with van der Waals surface area (Å²) in [5, 5.41) is 2.84. The number of piperidine rings is 1. The minimum absolute atomic E-state index is 0.0322. The van der Waals surface area contributed by atoms with E-state index in [-0.39, 0.29) is 12.1 Å². The first-order valence-corrected chi connectivity index (χ1v) is 9.03. The Morgan fingerprint density at radius 2 is 2.17 bits per heavy atom. The Hall–Kier alpha value is -2.02. The maximum absolute atomic E-state index is 12.5. The summed E-state index contributed by atoms with van der Waals surface area (Å²) in [4.78, 5) is 27.4. The van der Waals surface area contributed by atoms with Crippen LogP contribution in [0, 0.1) is 0 Å². The molecule has 1 amide bonds. The number of nitrogens with zero attached hydrogens (tertiary/aromatic N) is 4. The Morgan fingerprint density at radius 1 is 1.33 bits per heavy atom. The molecule has 0 radical (unpaired) electrons. The van der Waals surface area contributed by atoms with E-state index in [0.717, 1.165) is 35.7 Å². The minimum Gasteiger partial charge on any atom is -0.444 e. The second-order valence-electron chi connectivity index (χ2n) is 6.85. The monoisotopic (exact) mass is 346 g/mol. The van der Waals surface area contributed by atoms with Crippen LogP contribution in [0.3, 0.4) is 0 Å². The smallest absolute Gasteiger partial charge is 0.410 e. The van der Waals surface area contributed by atoms with Gasteiger partial charge in [0.15, 0.2) is 0 Å². The maximum atomic E-state index is 12.5. The lowest BCUT2D eigenvalue weighted by Crippen LogP contribution is -2.42. The summed E-state index contributed by atoms with van der Waals surface area (Å²) >= 11 is 1.53. The number of aromatic nitrogens is 3. The molecule has 0 saturated carbocycles. The highest BCUT2D eigenvalue weighted by atomic mass is 32.1. The molecule has 3 rings (SSSR count). The molecule has 1 fully saturated rings. The molecular weight excluding hydrogens is 324 g/mol. The van der Waals surface area contributed by atoms with Crippen LogP contribution in [-0.4, -0.2) is 38.1 Å². The Kier molecular flexibility index (Phi) is 4.80. The van der Waals surface area contributed by atoms with E-state index in [4.69, 9.17) is 9.72 Å². The highest BCUT2D eigenvalue weighted by Crippen LogP contribution is 2.34. The van der Waals surface area contributed by atoms with Crippen molar-refractivity contribution < 1.29 is 9.53 Å². The van der Waals surface area contributed by atoms with Gasteiger partial charge in [0, 0.05) is 24.3 Å². The number of carbonyl (C=O) groups excluding carboxylic acids is 1. The molecular formula is C17H22N4O2S. The molecule has 3 heterocycles. The molecule has 0 spiro atoms. The van der Waals surface area contributed by atoms with Crippen LogP contribution in [0.1, 0.15) is 51.8 Å². The second-order valence-corrected chi connectivity index (χ2v) is 7.71. The zero-order chi connectivity index (χ0) is 17.2. The maximum Gasteiger partial charge on any atom is 0.410 e. The van der Waals surface area contributed by atoms with Crippen molar-refractivity contribution in [3.05, 3.63) is 29.7 Å². The van der Waals surface area contributed by atoms with Crippen molar-refractivity contribution in [1.82, 2.24) is 19.9 Å². The highest BCUT2D eigenvalue weighted by Gasteiger charge is 2.32. The standard InChI is InChI=1S/C17H22N4O2S/c1-17(2,3)23-16(22)21-9-5-4-6-14(21)13-11-24-15(20-13)12-10-18-7-8-19-12/h7-8,10-11,14H,4-6,9H2,1-3H3/t14-/m1/s1. The molecule has 0 unspecified atom stereocenters. The molecule has 128 valence electrons. The third-order valence-electron chi connectivity index (χ3n) is 3.78. The lowest BCUT2D eigenvalue weighted by molar-refractivity contribution is 0.00908. The summed E-state index contributed by atoms with van der Waals surface area (Å²) in [6.45, 7) is 6.37. The predicted molar refractivity (Wildman–Crippen MR) is 92.7 cm³/mol. The van der Waals surface area contributed by atoms with Gasteiger partial charge in [-0.1, -0.05) is 0 Å². The van der Waals surface area contributed by atoms with Crippen molar-refractivity contribution >= 4 is 17.4 Å². The molecule has 1 saturated heterocycles. The summed E-state index contributed by atoms with van der Waals surface area (Å²) < 4.78 is 5.56. The van der Waals surface area contributed by atoms with Gasteiger partial charge < -0.3 is 4.74 Å². The molecule has 7 heteroatoms. The summed E-state index contributed by atoms with van der Waals surface area (Å²) in [7, 11) is 0. The van der Waals surface area contributed by atoms with E-state index < -0.39 is 5.60 Å². The van der Waals surface area contributed by atoms with Gasteiger partial charge in [-0.15, -0.1) is 11.3 Å². The molecule has 6 nitrogen and oxygen atoms in total. The van der Waals surface area contributed by atoms with E-state index in [0.29, 0.717) is 6.54 Å². The average Bonchev–Trinajstić information content (AvgIpc) is 3.04. The minimum atomic E-state index is -0.494. The van der Waals surface area contributed by atoms with Crippen LogP contribution in [0.5, 0.6) is 0 Å². The van der Waals surface area contributed by atoms with Gasteiger partial charge >= 0.3 is 6.09 Å². The molecule has 0 N–H and O–H groups in total. The van der Waals surface area contributed by atoms with Crippen LogP contribution < -0.4 is 0 Å². The Morgan fingerprint density at radius 3 is 2.88 bits per heavy atom. The zero-order valence-electron chi connectivity index (χ0n) is 14.2. The summed E-state index contributed by atoms with van der Waals surface area (Å²) in [5.41, 5.74) is 1.17. The lowest BCUT2D eigenvalue weighted by Gasteiger charge is -2.35. The van der Waals surface area contributed by atoms with E-state index in [1.165, 1.54) is 11.3 Å². The molecule has 2 aromatic heterocycles. The topological polar surface area (TPSA) is 68.2 Å². The molecule has 0 aliphatic carbocycles. The van der Waals surface area contributed by atoms with Gasteiger partial charge in [-0.25, -0.2) is 9.78 Å². The Bertz CT molecular complexity index is 696. The van der Waals surface area contributed by atoms with Gasteiger partial charge in [0.05, 0.1) is 17.9 Å². The molecule has 1 aliphatic heterocycles. The van der Waals surface area contributed by atoms with Crippen molar-refractivity contribution in [3.8, 4) is 10.7 Å². The van der Waals surface area contributed by atoms with E-state index in [9.17, 15) is 4.79 Å². The van der Waals surface area contributed by atoms with Crippen LogP contribution >= 0.6 is 11.3 Å². The van der Waals surface area contributed by atoms with Gasteiger partial charge in [-0.3, -0.25) is 14.9 Å². The van der Waals surface area contributed by atoms with Crippen LogP contribution in [0.2, 0.25) is 0 Å². The normalized spacial score (nSPS) is 18.5. The van der Waals surface area contributed by atoms with Crippen molar-refractivity contribution in [2.24, 2.45) is 0 Å². The van der Waals surface area contributed by atoms with Gasteiger partial charge in [0.2, 0.25) is 0 Å².